The summed E-state index contributed by atoms with van der Waals surface area (Å²) in [4.78, 5) is 13.1. The van der Waals surface area contributed by atoms with Gasteiger partial charge in [0.15, 0.2) is 15.6 Å². The monoisotopic (exact) mass is 313 g/mol. The summed E-state index contributed by atoms with van der Waals surface area (Å²) in [5.41, 5.74) is 0.751. The fourth-order valence-electron chi connectivity index (χ4n) is 2.37. The zero-order valence-corrected chi connectivity index (χ0v) is 12.7. The van der Waals surface area contributed by atoms with Crippen molar-refractivity contribution in [2.24, 2.45) is 0 Å². The third-order valence-corrected chi connectivity index (χ3v) is 5.20. The molecule has 1 aliphatic heterocycles. The number of sulfone groups is 1. The highest BCUT2D eigenvalue weighted by molar-refractivity contribution is 7.91. The normalized spacial score (nSPS) is 14.4. The molecule has 21 heavy (non-hydrogen) atoms. The van der Waals surface area contributed by atoms with Crippen molar-refractivity contribution in [1.29, 1.82) is 0 Å². The third-order valence-electron chi connectivity index (χ3n) is 3.36. The molecule has 0 saturated carbocycles. The fourth-order valence-corrected chi connectivity index (χ4v) is 3.69. The third kappa shape index (κ3) is 3.66. The topological polar surface area (TPSA) is 83.9 Å². The highest BCUT2D eigenvalue weighted by Crippen LogP contribution is 2.34. The van der Waals surface area contributed by atoms with Crippen LogP contribution in [0.4, 0.5) is 5.69 Å². The van der Waals surface area contributed by atoms with Crippen LogP contribution in [0.2, 0.25) is 0 Å². The van der Waals surface area contributed by atoms with Crippen molar-refractivity contribution in [3.8, 4) is 5.75 Å². The van der Waals surface area contributed by atoms with Crippen molar-refractivity contribution in [2.75, 3.05) is 36.1 Å². The predicted molar refractivity (Wildman–Crippen MR) is 80.1 cm³/mol. The second kappa shape index (κ2) is 6.34. The highest BCUT2D eigenvalue weighted by atomic mass is 32.2. The van der Waals surface area contributed by atoms with Gasteiger partial charge in [0.2, 0.25) is 0 Å². The SMILES string of the molecule is CCCS(=O)(=O)CCN1CCOc2c(C(=O)O)cccc21. The van der Waals surface area contributed by atoms with Crippen LogP contribution in [0.25, 0.3) is 0 Å². The number of nitrogens with zero attached hydrogens (tertiary/aromatic N) is 1. The summed E-state index contributed by atoms with van der Waals surface area (Å²) >= 11 is 0. The van der Waals surface area contributed by atoms with Gasteiger partial charge in [-0.15, -0.1) is 0 Å². The van der Waals surface area contributed by atoms with Gasteiger partial charge in [0, 0.05) is 12.3 Å². The van der Waals surface area contributed by atoms with Crippen LogP contribution in [0.1, 0.15) is 23.7 Å². The molecule has 1 heterocycles. The molecule has 1 aromatic carbocycles. The summed E-state index contributed by atoms with van der Waals surface area (Å²) in [7, 11) is -3.06. The van der Waals surface area contributed by atoms with Gasteiger partial charge in [-0.05, 0) is 18.6 Å². The summed E-state index contributed by atoms with van der Waals surface area (Å²) < 4.78 is 29.1. The first-order chi connectivity index (χ1) is 9.94. The van der Waals surface area contributed by atoms with E-state index in [1.165, 1.54) is 6.07 Å². The Morgan fingerprint density at radius 2 is 2.14 bits per heavy atom. The Balaban J connectivity index is 2.19. The van der Waals surface area contributed by atoms with E-state index in [0.717, 1.165) is 0 Å². The molecule has 0 spiro atoms. The Labute approximate surface area is 124 Å². The number of aromatic carboxylic acids is 1. The minimum absolute atomic E-state index is 0.0670. The van der Waals surface area contributed by atoms with Gasteiger partial charge >= 0.3 is 5.97 Å². The number of fused-ring (bicyclic) bond motifs is 1. The van der Waals surface area contributed by atoms with Crippen LogP contribution in [0.15, 0.2) is 18.2 Å². The number of benzene rings is 1. The fraction of sp³-hybridized carbons (Fsp3) is 0.500. The van der Waals surface area contributed by atoms with E-state index >= 15 is 0 Å². The molecule has 0 saturated heterocycles. The van der Waals surface area contributed by atoms with Crippen LogP contribution in [-0.2, 0) is 9.84 Å². The number of para-hydroxylation sites is 1. The second-order valence-corrected chi connectivity index (χ2v) is 7.25. The molecule has 0 unspecified atom stereocenters. The number of carbonyl (C=O) groups is 1. The average Bonchev–Trinajstić information content (AvgIpc) is 2.44. The Morgan fingerprint density at radius 3 is 2.81 bits per heavy atom. The lowest BCUT2D eigenvalue weighted by atomic mass is 10.1. The van der Waals surface area contributed by atoms with Gasteiger partial charge in [-0.3, -0.25) is 0 Å². The number of carboxylic acid groups (broad SMARTS) is 1. The maximum Gasteiger partial charge on any atom is 0.339 e. The number of carboxylic acids is 1. The Bertz CT molecular complexity index is 626. The van der Waals surface area contributed by atoms with Crippen LogP contribution in [0.3, 0.4) is 0 Å². The molecule has 1 aliphatic rings. The number of hydrogen-bond acceptors (Lipinski definition) is 5. The molecule has 7 heteroatoms. The number of anilines is 1. The number of ether oxygens (including phenoxy) is 1. The summed E-state index contributed by atoms with van der Waals surface area (Å²) in [5.74, 6) is -0.479. The van der Waals surface area contributed by atoms with Gasteiger partial charge in [-0.25, -0.2) is 13.2 Å². The molecule has 1 N–H and O–H groups in total. The van der Waals surface area contributed by atoms with E-state index in [-0.39, 0.29) is 17.1 Å². The van der Waals surface area contributed by atoms with E-state index in [2.05, 4.69) is 0 Å². The van der Waals surface area contributed by atoms with Gasteiger partial charge in [-0.1, -0.05) is 13.0 Å². The van der Waals surface area contributed by atoms with E-state index in [1.807, 2.05) is 11.8 Å². The molecule has 0 radical (unpaired) electrons. The summed E-state index contributed by atoms with van der Waals surface area (Å²) in [6, 6.07) is 4.89. The lowest BCUT2D eigenvalue weighted by molar-refractivity contribution is 0.0692. The van der Waals surface area contributed by atoms with Crippen molar-refractivity contribution < 1.29 is 23.1 Å². The second-order valence-electron chi connectivity index (χ2n) is 4.95. The molecule has 0 atom stereocenters. The van der Waals surface area contributed by atoms with Crippen LogP contribution >= 0.6 is 0 Å². The van der Waals surface area contributed by atoms with Gasteiger partial charge in [0.1, 0.15) is 12.2 Å². The minimum atomic E-state index is -3.06. The Hall–Kier alpha value is -1.76. The standard InChI is InChI=1S/C14H19NO5S/c1-2-9-21(18,19)10-7-15-6-8-20-13-11(14(16)17)4-3-5-12(13)15/h3-5H,2,6-10H2,1H3,(H,16,17). The molecule has 2 rings (SSSR count). The zero-order valence-electron chi connectivity index (χ0n) is 11.9. The largest absolute Gasteiger partial charge is 0.489 e. The lowest BCUT2D eigenvalue weighted by Crippen LogP contribution is -2.37. The summed E-state index contributed by atoms with van der Waals surface area (Å²) in [5, 5.41) is 9.16. The maximum absolute atomic E-state index is 11.8. The lowest BCUT2D eigenvalue weighted by Gasteiger charge is -2.31. The van der Waals surface area contributed by atoms with E-state index in [0.29, 0.717) is 37.6 Å². The molecule has 0 amide bonds. The molecule has 116 valence electrons. The number of rotatable bonds is 6. The first kappa shape index (κ1) is 15.6. The summed E-state index contributed by atoms with van der Waals surface area (Å²) in [6.07, 6.45) is 0.602. The van der Waals surface area contributed by atoms with Crippen molar-refractivity contribution in [2.45, 2.75) is 13.3 Å². The van der Waals surface area contributed by atoms with Crippen LogP contribution in [-0.4, -0.2) is 50.7 Å². The smallest absolute Gasteiger partial charge is 0.339 e. The summed E-state index contributed by atoms with van der Waals surface area (Å²) in [6.45, 7) is 3.09. The zero-order chi connectivity index (χ0) is 15.5. The Kier molecular flexibility index (Phi) is 4.72. The molecule has 6 nitrogen and oxygen atoms in total. The molecule has 1 aromatic rings. The maximum atomic E-state index is 11.8. The Morgan fingerprint density at radius 1 is 1.38 bits per heavy atom. The molecule has 0 aromatic heterocycles. The number of hydrogen-bond donors (Lipinski definition) is 1. The van der Waals surface area contributed by atoms with Gasteiger partial charge < -0.3 is 14.7 Å². The molecular formula is C14H19NO5S. The van der Waals surface area contributed by atoms with Crippen LogP contribution < -0.4 is 9.64 Å². The quantitative estimate of drug-likeness (QED) is 0.855. The highest BCUT2D eigenvalue weighted by Gasteiger charge is 2.24. The van der Waals surface area contributed by atoms with Crippen LogP contribution in [0, 0.1) is 0 Å². The molecule has 0 fully saturated rings. The van der Waals surface area contributed by atoms with Gasteiger partial charge in [0.05, 0.1) is 18.0 Å². The van der Waals surface area contributed by atoms with E-state index in [1.54, 1.807) is 12.1 Å². The van der Waals surface area contributed by atoms with Crippen molar-refractivity contribution >= 4 is 21.5 Å². The first-order valence-electron chi connectivity index (χ1n) is 6.89. The van der Waals surface area contributed by atoms with Gasteiger partial charge in [0.25, 0.3) is 0 Å². The predicted octanol–water partition coefficient (Wildman–Crippen LogP) is 1.41. The first-order valence-corrected chi connectivity index (χ1v) is 8.71. The minimum Gasteiger partial charge on any atom is -0.489 e. The van der Waals surface area contributed by atoms with E-state index in [9.17, 15) is 13.2 Å². The molecule has 0 aliphatic carbocycles. The van der Waals surface area contributed by atoms with E-state index in [4.69, 9.17) is 9.84 Å². The van der Waals surface area contributed by atoms with E-state index < -0.39 is 15.8 Å². The average molecular weight is 313 g/mol. The van der Waals surface area contributed by atoms with Crippen molar-refractivity contribution in [3.05, 3.63) is 23.8 Å². The van der Waals surface area contributed by atoms with Crippen LogP contribution in [0.5, 0.6) is 5.75 Å². The molecule has 0 bridgehead atoms. The van der Waals surface area contributed by atoms with Crippen molar-refractivity contribution in [3.63, 3.8) is 0 Å². The van der Waals surface area contributed by atoms with Crippen molar-refractivity contribution in [1.82, 2.24) is 0 Å². The molecular weight excluding hydrogens is 294 g/mol. The van der Waals surface area contributed by atoms with Gasteiger partial charge in [-0.2, -0.15) is 0 Å².